The molecule has 0 amide bonds. The molecule has 0 saturated carbocycles. The van der Waals surface area contributed by atoms with Crippen molar-refractivity contribution in [3.8, 4) is 0 Å². The largest absolute Gasteiger partial charge is 0.479 e. The van der Waals surface area contributed by atoms with E-state index < -0.39 is 93.3 Å². The highest BCUT2D eigenvalue weighted by molar-refractivity contribution is 5.72. The zero-order chi connectivity index (χ0) is 21.9. The zero-order valence-corrected chi connectivity index (χ0v) is 15.0. The first-order chi connectivity index (χ1) is 13.6. The average molecular weight is 430 g/mol. The minimum Gasteiger partial charge on any atom is -0.479 e. The maximum absolute atomic E-state index is 11.0. The molecule has 0 spiro atoms. The Labute approximate surface area is 164 Å². The van der Waals surface area contributed by atoms with Gasteiger partial charge in [-0.15, -0.1) is 0 Å². The summed E-state index contributed by atoms with van der Waals surface area (Å²) in [6, 6.07) is 0. The second kappa shape index (κ2) is 10.3. The normalized spacial score (nSPS) is 44.4. The molecule has 0 aliphatic carbocycles. The van der Waals surface area contributed by atoms with Crippen LogP contribution in [0.5, 0.6) is 0 Å². The maximum Gasteiger partial charge on any atom is 0.335 e. The quantitative estimate of drug-likeness (QED) is 0.174. The molecule has 2 aliphatic heterocycles. The fraction of sp³-hybridized carbons (Fsp3) is 0.933. The third kappa shape index (κ3) is 5.38. The van der Waals surface area contributed by atoms with Crippen molar-refractivity contribution in [2.24, 2.45) is 0 Å². The first-order valence-corrected chi connectivity index (χ1v) is 8.73. The summed E-state index contributed by atoms with van der Waals surface area (Å²) in [7, 11) is 0. The number of hydrogen-bond donors (Lipinski definition) is 9. The predicted octanol–water partition coefficient (Wildman–Crippen LogP) is -5.93. The number of aliphatic carboxylic acids is 1. The topological polar surface area (TPSA) is 236 Å². The van der Waals surface area contributed by atoms with E-state index in [9.17, 15) is 35.4 Å². The van der Waals surface area contributed by atoms with Gasteiger partial charge in [-0.3, -0.25) is 0 Å². The first kappa shape index (κ1) is 24.3. The van der Waals surface area contributed by atoms with Crippen LogP contribution in [-0.2, 0) is 23.7 Å². The van der Waals surface area contributed by atoms with Crippen LogP contribution in [0.25, 0.3) is 0 Å². The number of rotatable bonds is 8. The second-order valence-electron chi connectivity index (χ2n) is 6.69. The van der Waals surface area contributed by atoms with Gasteiger partial charge in [0.25, 0.3) is 0 Å². The standard InChI is InChI=1S/C15H26O14/c16-1-4-7(18)9(20)11(22)14(27-4)26-3-6-8(19)10(21)12(23)15(29-6)28-5(2-17)13(24)25/h4-12,14-23H,1-3H2,(H,24,25)/t4-,5-,6-,7-,8+,9+,10+,11-,12-,14+,15+/m1/s1. The summed E-state index contributed by atoms with van der Waals surface area (Å²) >= 11 is 0. The van der Waals surface area contributed by atoms with E-state index in [0.717, 1.165) is 0 Å². The molecule has 0 bridgehead atoms. The van der Waals surface area contributed by atoms with Gasteiger partial charge < -0.3 is 64.9 Å². The number of hydrogen-bond acceptors (Lipinski definition) is 13. The lowest BCUT2D eigenvalue weighted by Crippen LogP contribution is -2.62. The number of carboxylic acids is 1. The van der Waals surface area contributed by atoms with Crippen molar-refractivity contribution >= 4 is 5.97 Å². The number of aliphatic hydroxyl groups excluding tert-OH is 8. The molecule has 0 radical (unpaired) electrons. The zero-order valence-electron chi connectivity index (χ0n) is 15.0. The van der Waals surface area contributed by atoms with E-state index in [-0.39, 0.29) is 0 Å². The summed E-state index contributed by atoms with van der Waals surface area (Å²) in [5.41, 5.74) is 0. The van der Waals surface area contributed by atoms with Crippen LogP contribution in [0.1, 0.15) is 0 Å². The van der Waals surface area contributed by atoms with Crippen molar-refractivity contribution in [3.63, 3.8) is 0 Å². The van der Waals surface area contributed by atoms with Crippen LogP contribution in [0.15, 0.2) is 0 Å². The van der Waals surface area contributed by atoms with Crippen molar-refractivity contribution in [3.05, 3.63) is 0 Å². The Kier molecular flexibility index (Phi) is 8.65. The van der Waals surface area contributed by atoms with Crippen LogP contribution in [0, 0.1) is 0 Å². The summed E-state index contributed by atoms with van der Waals surface area (Å²) in [6.07, 6.45) is -18.1. The SMILES string of the molecule is O=C(O)[C@@H](CO)O[C@H]1O[C@H](CO[C@H]2O[C@H](CO)[C@@H](O)[C@H](O)[C@H]2O)[C@H](O)[C@H](O)[C@H]1O. The molecule has 0 aromatic rings. The van der Waals surface area contributed by atoms with Gasteiger partial charge in [0.2, 0.25) is 0 Å². The van der Waals surface area contributed by atoms with Crippen molar-refractivity contribution in [1.29, 1.82) is 0 Å². The number of carbonyl (C=O) groups is 1. The van der Waals surface area contributed by atoms with Crippen LogP contribution in [0.4, 0.5) is 0 Å². The van der Waals surface area contributed by atoms with Crippen LogP contribution in [-0.4, -0.2) is 139 Å². The molecule has 14 nitrogen and oxygen atoms in total. The van der Waals surface area contributed by atoms with Crippen molar-refractivity contribution < 1.29 is 69.7 Å². The van der Waals surface area contributed by atoms with Gasteiger partial charge in [-0.2, -0.15) is 0 Å². The summed E-state index contributed by atoms with van der Waals surface area (Å²) in [5.74, 6) is -1.56. The summed E-state index contributed by atoms with van der Waals surface area (Å²) in [6.45, 7) is -2.23. The molecule has 2 fully saturated rings. The molecule has 170 valence electrons. The highest BCUT2D eigenvalue weighted by Gasteiger charge is 2.48. The molecule has 0 aromatic heterocycles. The van der Waals surface area contributed by atoms with Gasteiger partial charge in [-0.25, -0.2) is 4.79 Å². The minimum atomic E-state index is -1.85. The molecule has 2 rings (SSSR count). The lowest BCUT2D eigenvalue weighted by molar-refractivity contribution is -0.335. The van der Waals surface area contributed by atoms with E-state index in [4.69, 9.17) is 34.3 Å². The Morgan fingerprint density at radius 3 is 1.83 bits per heavy atom. The Balaban J connectivity index is 2.02. The lowest BCUT2D eigenvalue weighted by Gasteiger charge is -2.43. The van der Waals surface area contributed by atoms with Crippen LogP contribution >= 0.6 is 0 Å². The Morgan fingerprint density at radius 2 is 1.31 bits per heavy atom. The van der Waals surface area contributed by atoms with Gasteiger partial charge in [-0.1, -0.05) is 0 Å². The molecule has 2 aliphatic rings. The summed E-state index contributed by atoms with van der Waals surface area (Å²) < 4.78 is 20.5. The van der Waals surface area contributed by atoms with Gasteiger partial charge in [0.1, 0.15) is 48.8 Å². The predicted molar refractivity (Wildman–Crippen MR) is 86.0 cm³/mol. The number of ether oxygens (including phenoxy) is 4. The fourth-order valence-corrected chi connectivity index (χ4v) is 2.90. The van der Waals surface area contributed by atoms with Gasteiger partial charge in [-0.05, 0) is 0 Å². The Morgan fingerprint density at radius 1 is 0.793 bits per heavy atom. The monoisotopic (exact) mass is 430 g/mol. The molecule has 2 saturated heterocycles. The Hall–Kier alpha value is -1.01. The fourth-order valence-electron chi connectivity index (χ4n) is 2.90. The maximum atomic E-state index is 11.0. The van der Waals surface area contributed by atoms with Gasteiger partial charge >= 0.3 is 5.97 Å². The van der Waals surface area contributed by atoms with Gasteiger partial charge in [0, 0.05) is 0 Å². The molecular weight excluding hydrogens is 404 g/mol. The van der Waals surface area contributed by atoms with Crippen molar-refractivity contribution in [2.75, 3.05) is 19.8 Å². The van der Waals surface area contributed by atoms with E-state index >= 15 is 0 Å². The molecule has 2 heterocycles. The van der Waals surface area contributed by atoms with E-state index in [2.05, 4.69) is 0 Å². The van der Waals surface area contributed by atoms with Gasteiger partial charge in [0.05, 0.1) is 19.8 Å². The second-order valence-corrected chi connectivity index (χ2v) is 6.69. The molecule has 11 atom stereocenters. The minimum absolute atomic E-state index is 0.593. The van der Waals surface area contributed by atoms with Crippen LogP contribution in [0.2, 0.25) is 0 Å². The van der Waals surface area contributed by atoms with E-state index in [0.29, 0.717) is 0 Å². The average Bonchev–Trinajstić information content (AvgIpc) is 2.70. The van der Waals surface area contributed by atoms with E-state index in [1.807, 2.05) is 0 Å². The molecule has 29 heavy (non-hydrogen) atoms. The third-order valence-electron chi connectivity index (χ3n) is 4.68. The smallest absolute Gasteiger partial charge is 0.335 e. The number of aliphatic hydroxyl groups is 8. The summed E-state index contributed by atoms with van der Waals surface area (Å²) in [4.78, 5) is 11.0. The van der Waals surface area contributed by atoms with E-state index in [1.54, 1.807) is 0 Å². The van der Waals surface area contributed by atoms with Crippen LogP contribution in [0.3, 0.4) is 0 Å². The highest BCUT2D eigenvalue weighted by atomic mass is 16.7. The lowest BCUT2D eigenvalue weighted by atomic mass is 9.98. The third-order valence-corrected chi connectivity index (χ3v) is 4.68. The molecule has 0 aromatic carbocycles. The van der Waals surface area contributed by atoms with Crippen LogP contribution < -0.4 is 0 Å². The number of carboxylic acid groups (broad SMARTS) is 1. The molecule has 0 unspecified atom stereocenters. The molecule has 9 N–H and O–H groups in total. The Bertz CT molecular complexity index is 531. The van der Waals surface area contributed by atoms with E-state index in [1.165, 1.54) is 0 Å². The highest BCUT2D eigenvalue weighted by Crippen LogP contribution is 2.26. The van der Waals surface area contributed by atoms with Crippen molar-refractivity contribution in [1.82, 2.24) is 0 Å². The van der Waals surface area contributed by atoms with Crippen molar-refractivity contribution in [2.45, 2.75) is 67.5 Å². The molecule has 14 heteroatoms. The summed E-state index contributed by atoms with van der Waals surface area (Å²) in [5, 5.41) is 86.3. The molecular formula is C15H26O14. The van der Waals surface area contributed by atoms with Gasteiger partial charge in [0.15, 0.2) is 18.7 Å². The first-order valence-electron chi connectivity index (χ1n) is 8.73.